The number of hydrogen-bond donors (Lipinski definition) is 1. The summed E-state index contributed by atoms with van der Waals surface area (Å²) in [5, 5.41) is 3.44. The van der Waals surface area contributed by atoms with Crippen LogP contribution in [0.1, 0.15) is 20.8 Å². The van der Waals surface area contributed by atoms with Gasteiger partial charge in [-0.1, -0.05) is 6.92 Å². The molecule has 0 radical (unpaired) electrons. The van der Waals surface area contributed by atoms with E-state index in [0.717, 1.165) is 25.0 Å². The highest BCUT2D eigenvalue weighted by Gasteiger charge is 2.23. The second-order valence-corrected chi connectivity index (χ2v) is 5.08. The third-order valence-electron chi connectivity index (χ3n) is 3.15. The van der Waals surface area contributed by atoms with E-state index in [4.69, 9.17) is 4.74 Å². The van der Waals surface area contributed by atoms with Gasteiger partial charge in [-0.15, -0.1) is 0 Å². The first-order valence-corrected chi connectivity index (χ1v) is 6.10. The zero-order chi connectivity index (χ0) is 11.3. The quantitative estimate of drug-likeness (QED) is 0.719. The van der Waals surface area contributed by atoms with Crippen LogP contribution in [0.5, 0.6) is 0 Å². The number of nitrogens with one attached hydrogen (secondary N) is 1. The normalized spacial score (nSPS) is 26.8. The van der Waals surface area contributed by atoms with Gasteiger partial charge < -0.3 is 15.0 Å². The van der Waals surface area contributed by atoms with E-state index in [2.05, 4.69) is 38.0 Å². The lowest BCUT2D eigenvalue weighted by Gasteiger charge is -2.23. The molecule has 1 fully saturated rings. The molecular formula is C12H26N2O. The maximum Gasteiger partial charge on any atom is 0.0596 e. The molecule has 0 bridgehead atoms. The molecule has 2 atom stereocenters. The largest absolute Gasteiger partial charge is 0.377 e. The molecule has 0 spiro atoms. The Balaban J connectivity index is 2.09. The maximum absolute atomic E-state index is 5.55. The summed E-state index contributed by atoms with van der Waals surface area (Å²) in [4.78, 5) is 2.39. The van der Waals surface area contributed by atoms with Crippen LogP contribution in [0.25, 0.3) is 0 Å². The van der Waals surface area contributed by atoms with E-state index in [9.17, 15) is 0 Å². The molecule has 90 valence electrons. The van der Waals surface area contributed by atoms with E-state index in [0.29, 0.717) is 6.10 Å². The van der Waals surface area contributed by atoms with Crippen LogP contribution in [0, 0.1) is 11.8 Å². The van der Waals surface area contributed by atoms with Crippen LogP contribution in [0.4, 0.5) is 0 Å². The van der Waals surface area contributed by atoms with Gasteiger partial charge in [-0.05, 0) is 45.8 Å². The second-order valence-electron chi connectivity index (χ2n) is 5.08. The number of nitrogens with zero attached hydrogens (tertiary/aromatic N) is 1. The molecule has 1 N–H and O–H groups in total. The zero-order valence-electron chi connectivity index (χ0n) is 10.6. The van der Waals surface area contributed by atoms with Crippen molar-refractivity contribution in [2.45, 2.75) is 26.9 Å². The lowest BCUT2D eigenvalue weighted by atomic mass is 9.98. The summed E-state index contributed by atoms with van der Waals surface area (Å²) in [5.41, 5.74) is 0. The van der Waals surface area contributed by atoms with E-state index < -0.39 is 0 Å². The number of likely N-dealkylation sites (N-methyl/N-ethyl adjacent to an activating group) is 1. The van der Waals surface area contributed by atoms with Gasteiger partial charge in [0.2, 0.25) is 0 Å². The third-order valence-corrected chi connectivity index (χ3v) is 3.15. The molecule has 1 saturated heterocycles. The van der Waals surface area contributed by atoms with Crippen LogP contribution in [0.2, 0.25) is 0 Å². The van der Waals surface area contributed by atoms with Crippen LogP contribution < -0.4 is 5.32 Å². The molecule has 3 heteroatoms. The summed E-state index contributed by atoms with van der Waals surface area (Å²) in [6, 6.07) is 0. The summed E-state index contributed by atoms with van der Waals surface area (Å²) < 4.78 is 5.55. The number of hydrogen-bond acceptors (Lipinski definition) is 3. The molecule has 1 aliphatic rings. The maximum atomic E-state index is 5.55. The molecule has 1 rings (SSSR count). The Morgan fingerprint density at radius 3 is 2.67 bits per heavy atom. The van der Waals surface area contributed by atoms with Gasteiger partial charge in [0.15, 0.2) is 0 Å². The Morgan fingerprint density at radius 1 is 1.40 bits per heavy atom. The smallest absolute Gasteiger partial charge is 0.0596 e. The van der Waals surface area contributed by atoms with Gasteiger partial charge in [0, 0.05) is 13.1 Å². The third kappa shape index (κ3) is 4.96. The van der Waals surface area contributed by atoms with Gasteiger partial charge in [-0.25, -0.2) is 0 Å². The van der Waals surface area contributed by atoms with Crippen LogP contribution in [0.15, 0.2) is 0 Å². The average molecular weight is 214 g/mol. The second kappa shape index (κ2) is 6.46. The van der Waals surface area contributed by atoms with E-state index in [1.165, 1.54) is 19.6 Å². The van der Waals surface area contributed by atoms with Crippen molar-refractivity contribution in [3.05, 3.63) is 0 Å². The molecule has 0 aromatic heterocycles. The van der Waals surface area contributed by atoms with Crippen molar-refractivity contribution >= 4 is 0 Å². The van der Waals surface area contributed by atoms with E-state index in [1.807, 2.05) is 0 Å². The van der Waals surface area contributed by atoms with Crippen molar-refractivity contribution in [3.63, 3.8) is 0 Å². The van der Waals surface area contributed by atoms with Crippen LogP contribution in [-0.2, 0) is 4.74 Å². The lowest BCUT2D eigenvalue weighted by molar-refractivity contribution is 0.0607. The van der Waals surface area contributed by atoms with Gasteiger partial charge in [-0.2, -0.15) is 0 Å². The summed E-state index contributed by atoms with van der Waals surface area (Å²) >= 11 is 0. The highest BCUT2D eigenvalue weighted by molar-refractivity contribution is 4.79. The highest BCUT2D eigenvalue weighted by Crippen LogP contribution is 2.16. The predicted molar refractivity (Wildman–Crippen MR) is 64.1 cm³/mol. The van der Waals surface area contributed by atoms with Gasteiger partial charge in [0.25, 0.3) is 0 Å². The Morgan fingerprint density at radius 2 is 2.13 bits per heavy atom. The van der Waals surface area contributed by atoms with Gasteiger partial charge >= 0.3 is 0 Å². The molecule has 1 heterocycles. The fraction of sp³-hybridized carbons (Fsp3) is 1.00. The molecule has 0 aliphatic carbocycles. The van der Waals surface area contributed by atoms with Crippen LogP contribution >= 0.6 is 0 Å². The van der Waals surface area contributed by atoms with Gasteiger partial charge in [-0.3, -0.25) is 0 Å². The summed E-state index contributed by atoms with van der Waals surface area (Å²) in [7, 11) is 2.19. The van der Waals surface area contributed by atoms with Crippen LogP contribution in [-0.4, -0.2) is 50.8 Å². The predicted octanol–water partition coefficient (Wildman–Crippen LogP) is 1.20. The molecular weight excluding hydrogens is 188 g/mol. The first-order valence-electron chi connectivity index (χ1n) is 6.10. The minimum absolute atomic E-state index is 0.352. The van der Waals surface area contributed by atoms with E-state index in [1.54, 1.807) is 0 Å². The van der Waals surface area contributed by atoms with E-state index in [-0.39, 0.29) is 0 Å². The summed E-state index contributed by atoms with van der Waals surface area (Å²) in [5.74, 6) is 1.63. The van der Waals surface area contributed by atoms with Crippen molar-refractivity contribution in [3.8, 4) is 0 Å². The molecule has 0 aromatic rings. The monoisotopic (exact) mass is 214 g/mol. The summed E-state index contributed by atoms with van der Waals surface area (Å²) in [6.45, 7) is 12.0. The average Bonchev–Trinajstić information content (AvgIpc) is 2.51. The highest BCUT2D eigenvalue weighted by atomic mass is 16.5. The first-order chi connectivity index (χ1) is 7.09. The molecule has 0 saturated carbocycles. The Kier molecular flexibility index (Phi) is 5.58. The van der Waals surface area contributed by atoms with Crippen LogP contribution in [0.3, 0.4) is 0 Å². The lowest BCUT2D eigenvalue weighted by Crippen LogP contribution is -2.32. The SMILES string of the molecule is CC(C)OCCN(C)C[C@@H]1CNC[C@H]1C. The fourth-order valence-corrected chi connectivity index (χ4v) is 2.04. The molecule has 15 heavy (non-hydrogen) atoms. The number of ether oxygens (including phenoxy) is 1. The minimum Gasteiger partial charge on any atom is -0.377 e. The van der Waals surface area contributed by atoms with Gasteiger partial charge in [0.05, 0.1) is 12.7 Å². The molecule has 0 amide bonds. The fourth-order valence-electron chi connectivity index (χ4n) is 2.04. The molecule has 0 aromatic carbocycles. The summed E-state index contributed by atoms with van der Waals surface area (Å²) in [6.07, 6.45) is 0.352. The minimum atomic E-state index is 0.352. The van der Waals surface area contributed by atoms with Gasteiger partial charge in [0.1, 0.15) is 0 Å². The van der Waals surface area contributed by atoms with Crippen molar-refractivity contribution in [2.24, 2.45) is 11.8 Å². The van der Waals surface area contributed by atoms with Crippen molar-refractivity contribution in [2.75, 3.05) is 39.8 Å². The molecule has 3 nitrogen and oxygen atoms in total. The Bertz CT molecular complexity index is 173. The first kappa shape index (κ1) is 12.9. The van der Waals surface area contributed by atoms with E-state index >= 15 is 0 Å². The van der Waals surface area contributed by atoms with Crippen molar-refractivity contribution in [1.82, 2.24) is 10.2 Å². The standard InChI is InChI=1S/C12H26N2O/c1-10(2)15-6-5-14(4)9-12-8-13-7-11(12)3/h10-13H,5-9H2,1-4H3/t11-,12+/m1/s1. The van der Waals surface area contributed by atoms with Crippen molar-refractivity contribution in [1.29, 1.82) is 0 Å². The van der Waals surface area contributed by atoms with Crippen molar-refractivity contribution < 1.29 is 4.74 Å². The topological polar surface area (TPSA) is 24.5 Å². The zero-order valence-corrected chi connectivity index (χ0v) is 10.6. The Labute approximate surface area is 94.2 Å². The Hall–Kier alpha value is -0.120. The number of rotatable bonds is 6. The molecule has 0 unspecified atom stereocenters. The molecule has 1 aliphatic heterocycles.